The van der Waals surface area contributed by atoms with Crippen molar-refractivity contribution < 1.29 is 13.2 Å². The fourth-order valence-corrected chi connectivity index (χ4v) is 5.55. The maximum absolute atomic E-state index is 13.1. The molecule has 0 spiro atoms. The van der Waals surface area contributed by atoms with Crippen LogP contribution in [0.5, 0.6) is 0 Å². The Morgan fingerprint density at radius 3 is 2.46 bits per heavy atom. The number of anilines is 1. The highest BCUT2D eigenvalue weighted by Crippen LogP contribution is 2.29. The van der Waals surface area contributed by atoms with Gasteiger partial charge in [0.05, 0.1) is 16.2 Å². The van der Waals surface area contributed by atoms with E-state index in [2.05, 4.69) is 37.8 Å². The van der Waals surface area contributed by atoms with E-state index in [4.69, 9.17) is 4.98 Å². The highest BCUT2D eigenvalue weighted by Gasteiger charge is 2.25. The standard InChI is InChI=1S/C26H29BrN4O3S/c1-31(16-15-19-7-3-2-4-8-19)26-28-18-23(24(29-26)17-20-9-5-6-10-20)25(32)30-35(33,34)22-13-11-21(27)12-14-22/h2-4,7-8,11-14,18,20H,5-6,9-10,15-17H2,1H3,(H,30,32). The van der Waals surface area contributed by atoms with Gasteiger partial charge in [0, 0.05) is 24.3 Å². The van der Waals surface area contributed by atoms with Gasteiger partial charge in [-0.2, -0.15) is 0 Å². The Hall–Kier alpha value is -2.78. The van der Waals surface area contributed by atoms with Gasteiger partial charge < -0.3 is 4.90 Å². The van der Waals surface area contributed by atoms with Crippen LogP contribution in [0.4, 0.5) is 5.95 Å². The summed E-state index contributed by atoms with van der Waals surface area (Å²) >= 11 is 3.29. The minimum Gasteiger partial charge on any atom is -0.344 e. The molecular weight excluding hydrogens is 528 g/mol. The number of amides is 1. The van der Waals surface area contributed by atoms with Crippen molar-refractivity contribution in [1.29, 1.82) is 0 Å². The number of nitrogens with one attached hydrogen (secondary N) is 1. The predicted octanol–water partition coefficient (Wildman–Crippen LogP) is 4.77. The molecule has 1 amide bonds. The maximum atomic E-state index is 13.1. The lowest BCUT2D eigenvalue weighted by molar-refractivity contribution is 0.0979. The lowest BCUT2D eigenvalue weighted by Crippen LogP contribution is -2.32. The summed E-state index contributed by atoms with van der Waals surface area (Å²) < 4.78 is 28.5. The molecule has 184 valence electrons. The number of aromatic nitrogens is 2. The van der Waals surface area contributed by atoms with Gasteiger partial charge in [-0.15, -0.1) is 0 Å². The molecule has 1 fully saturated rings. The number of likely N-dealkylation sites (N-methyl/N-ethyl adjacent to an activating group) is 1. The van der Waals surface area contributed by atoms with Crippen molar-refractivity contribution in [3.05, 3.63) is 82.1 Å². The van der Waals surface area contributed by atoms with Gasteiger partial charge in [-0.25, -0.2) is 23.1 Å². The van der Waals surface area contributed by atoms with Gasteiger partial charge in [0.1, 0.15) is 0 Å². The first-order valence-corrected chi connectivity index (χ1v) is 14.0. The molecule has 1 aliphatic carbocycles. The third-order valence-corrected chi connectivity index (χ3v) is 8.20. The number of nitrogens with zero attached hydrogens (tertiary/aromatic N) is 3. The van der Waals surface area contributed by atoms with E-state index < -0.39 is 15.9 Å². The minimum atomic E-state index is -4.02. The highest BCUT2D eigenvalue weighted by molar-refractivity contribution is 9.10. The second-order valence-electron chi connectivity index (χ2n) is 8.93. The Kier molecular flexibility index (Phi) is 8.18. The van der Waals surface area contributed by atoms with E-state index in [0.29, 0.717) is 24.0 Å². The van der Waals surface area contributed by atoms with Gasteiger partial charge in [0.15, 0.2) is 0 Å². The number of rotatable bonds is 9. The number of hydrogen-bond acceptors (Lipinski definition) is 6. The van der Waals surface area contributed by atoms with Crippen LogP contribution in [0.1, 0.15) is 47.3 Å². The molecule has 0 radical (unpaired) electrons. The first kappa shape index (κ1) is 25.3. The number of halogens is 1. The zero-order chi connectivity index (χ0) is 24.8. The third-order valence-electron chi connectivity index (χ3n) is 6.33. The molecule has 35 heavy (non-hydrogen) atoms. The van der Waals surface area contributed by atoms with Crippen LogP contribution in [0.15, 0.2) is 70.2 Å². The van der Waals surface area contributed by atoms with Gasteiger partial charge in [0.25, 0.3) is 15.9 Å². The molecule has 1 aliphatic rings. The molecular formula is C26H29BrN4O3S. The number of carbonyl (C=O) groups excluding carboxylic acids is 1. The second-order valence-corrected chi connectivity index (χ2v) is 11.5. The molecule has 9 heteroatoms. The summed E-state index contributed by atoms with van der Waals surface area (Å²) in [5.41, 5.74) is 2.02. The Bertz CT molecular complexity index is 1260. The van der Waals surface area contributed by atoms with Crippen molar-refractivity contribution >= 4 is 37.8 Å². The first-order chi connectivity index (χ1) is 16.8. The Balaban J connectivity index is 1.55. The molecule has 2 aromatic carbocycles. The van der Waals surface area contributed by atoms with Gasteiger partial charge in [-0.05, 0) is 48.6 Å². The Morgan fingerprint density at radius 2 is 1.77 bits per heavy atom. The number of benzene rings is 2. The summed E-state index contributed by atoms with van der Waals surface area (Å²) in [5, 5.41) is 0. The molecule has 0 aliphatic heterocycles. The van der Waals surface area contributed by atoms with Crippen LogP contribution < -0.4 is 9.62 Å². The Labute approximate surface area is 215 Å². The van der Waals surface area contributed by atoms with Crippen LogP contribution in [0.25, 0.3) is 0 Å². The monoisotopic (exact) mass is 556 g/mol. The van der Waals surface area contributed by atoms with E-state index in [9.17, 15) is 13.2 Å². The van der Waals surface area contributed by atoms with Crippen molar-refractivity contribution in [2.24, 2.45) is 5.92 Å². The summed E-state index contributed by atoms with van der Waals surface area (Å²) in [5.74, 6) is 0.252. The second kappa shape index (κ2) is 11.3. The van der Waals surface area contributed by atoms with E-state index in [1.807, 2.05) is 30.1 Å². The summed E-state index contributed by atoms with van der Waals surface area (Å²) in [6.07, 6.45) is 7.43. The quantitative estimate of drug-likeness (QED) is 0.408. The van der Waals surface area contributed by atoms with Gasteiger partial charge >= 0.3 is 0 Å². The average Bonchev–Trinajstić information content (AvgIpc) is 3.36. The molecule has 1 aromatic heterocycles. The fourth-order valence-electron chi connectivity index (χ4n) is 4.31. The molecule has 1 heterocycles. The SMILES string of the molecule is CN(CCc1ccccc1)c1ncc(C(=O)NS(=O)(=O)c2ccc(Br)cc2)c(CC2CCCC2)n1. The van der Waals surface area contributed by atoms with Crippen LogP contribution in [-0.2, 0) is 22.9 Å². The van der Waals surface area contributed by atoms with Crippen molar-refractivity contribution in [1.82, 2.24) is 14.7 Å². The number of sulfonamides is 1. The summed E-state index contributed by atoms with van der Waals surface area (Å²) in [6.45, 7) is 0.719. The van der Waals surface area contributed by atoms with Gasteiger partial charge in [-0.1, -0.05) is 71.9 Å². The Morgan fingerprint density at radius 1 is 1.09 bits per heavy atom. The van der Waals surface area contributed by atoms with Crippen molar-refractivity contribution in [3.63, 3.8) is 0 Å². The molecule has 0 saturated heterocycles. The van der Waals surface area contributed by atoms with E-state index in [-0.39, 0.29) is 10.5 Å². The molecule has 0 unspecified atom stereocenters. The minimum absolute atomic E-state index is 0.0181. The van der Waals surface area contributed by atoms with E-state index >= 15 is 0 Å². The lowest BCUT2D eigenvalue weighted by atomic mass is 9.99. The van der Waals surface area contributed by atoms with Crippen LogP contribution in [-0.4, -0.2) is 37.9 Å². The summed E-state index contributed by atoms with van der Waals surface area (Å²) in [6, 6.07) is 16.3. The molecule has 3 aromatic rings. The summed E-state index contributed by atoms with van der Waals surface area (Å²) in [4.78, 5) is 24.2. The van der Waals surface area contributed by atoms with Crippen LogP contribution in [0.3, 0.4) is 0 Å². The molecule has 1 saturated carbocycles. The largest absolute Gasteiger partial charge is 0.344 e. The zero-order valence-electron chi connectivity index (χ0n) is 19.7. The van der Waals surface area contributed by atoms with Crippen LogP contribution in [0.2, 0.25) is 0 Å². The van der Waals surface area contributed by atoms with Crippen molar-refractivity contribution in [2.75, 3.05) is 18.5 Å². The van der Waals surface area contributed by atoms with Gasteiger partial charge in [-0.3, -0.25) is 4.79 Å². The van der Waals surface area contributed by atoms with Crippen molar-refractivity contribution in [2.45, 2.75) is 43.4 Å². The zero-order valence-corrected chi connectivity index (χ0v) is 22.1. The lowest BCUT2D eigenvalue weighted by Gasteiger charge is -2.20. The number of carbonyl (C=O) groups is 1. The molecule has 1 N–H and O–H groups in total. The highest BCUT2D eigenvalue weighted by atomic mass is 79.9. The number of hydrogen-bond donors (Lipinski definition) is 1. The fraction of sp³-hybridized carbons (Fsp3) is 0.346. The van der Waals surface area contributed by atoms with E-state index in [1.165, 1.54) is 36.7 Å². The van der Waals surface area contributed by atoms with Crippen molar-refractivity contribution in [3.8, 4) is 0 Å². The summed E-state index contributed by atoms with van der Waals surface area (Å²) in [7, 11) is -2.09. The topological polar surface area (TPSA) is 92.3 Å². The maximum Gasteiger partial charge on any atom is 0.268 e. The van der Waals surface area contributed by atoms with E-state index in [1.54, 1.807) is 12.1 Å². The van der Waals surface area contributed by atoms with Crippen LogP contribution in [0, 0.1) is 5.92 Å². The molecule has 4 rings (SSSR count). The van der Waals surface area contributed by atoms with E-state index in [0.717, 1.165) is 30.3 Å². The predicted molar refractivity (Wildman–Crippen MR) is 140 cm³/mol. The molecule has 7 nitrogen and oxygen atoms in total. The average molecular weight is 558 g/mol. The molecule has 0 atom stereocenters. The normalized spacial score (nSPS) is 14.1. The first-order valence-electron chi connectivity index (χ1n) is 11.8. The van der Waals surface area contributed by atoms with Crippen LogP contribution >= 0.6 is 15.9 Å². The smallest absolute Gasteiger partial charge is 0.268 e. The third kappa shape index (κ3) is 6.67. The molecule has 0 bridgehead atoms. The van der Waals surface area contributed by atoms with Gasteiger partial charge in [0.2, 0.25) is 5.95 Å².